The third kappa shape index (κ3) is 3.50. The van der Waals surface area contributed by atoms with Crippen molar-refractivity contribution in [1.82, 2.24) is 5.32 Å². The predicted octanol–water partition coefficient (Wildman–Crippen LogP) is 3.46. The maximum atomic E-state index is 3.61. The smallest absolute Gasteiger partial charge is 0.0437 e. The van der Waals surface area contributed by atoms with E-state index in [0.717, 1.165) is 6.54 Å². The predicted molar refractivity (Wildman–Crippen MR) is 83.9 cm³/mol. The van der Waals surface area contributed by atoms with Gasteiger partial charge < -0.3 is 10.2 Å². The number of fused-ring (bicyclic) bond motifs is 1. The molecule has 106 valence electrons. The zero-order valence-electron chi connectivity index (χ0n) is 12.8. The Kier molecular flexibility index (Phi) is 4.87. The average molecular weight is 260 g/mol. The van der Waals surface area contributed by atoms with E-state index in [1.165, 1.54) is 30.6 Å². The van der Waals surface area contributed by atoms with Crippen molar-refractivity contribution < 1.29 is 0 Å². The molecule has 1 unspecified atom stereocenters. The van der Waals surface area contributed by atoms with E-state index in [1.54, 1.807) is 0 Å². The Hall–Kier alpha value is -1.02. The summed E-state index contributed by atoms with van der Waals surface area (Å²) >= 11 is 0. The Morgan fingerprint density at radius 3 is 2.58 bits per heavy atom. The normalized spacial score (nSPS) is 16.8. The summed E-state index contributed by atoms with van der Waals surface area (Å²) in [5.41, 5.74) is 2.97. The van der Waals surface area contributed by atoms with Crippen LogP contribution in [0.4, 0.5) is 5.69 Å². The standard InChI is InChI=1S/C17H28N2/c1-13(2)17(12-18-14(3)4)19-11-7-9-15-8-5-6-10-16(15)19/h5-6,8,10,13-14,17-18H,7,9,11-12H2,1-4H3. The number of nitrogens with zero attached hydrogens (tertiary/aromatic N) is 1. The molecule has 2 heteroatoms. The van der Waals surface area contributed by atoms with Crippen LogP contribution in [-0.2, 0) is 6.42 Å². The minimum Gasteiger partial charge on any atom is -0.367 e. The van der Waals surface area contributed by atoms with Gasteiger partial charge in [0.1, 0.15) is 0 Å². The first-order valence-electron chi connectivity index (χ1n) is 7.67. The van der Waals surface area contributed by atoms with Crippen LogP contribution in [0.3, 0.4) is 0 Å². The lowest BCUT2D eigenvalue weighted by atomic mass is 9.95. The molecule has 1 heterocycles. The van der Waals surface area contributed by atoms with E-state index in [9.17, 15) is 0 Å². The van der Waals surface area contributed by atoms with Crippen molar-refractivity contribution in [2.75, 3.05) is 18.0 Å². The van der Waals surface area contributed by atoms with Crippen LogP contribution < -0.4 is 10.2 Å². The molecule has 0 amide bonds. The molecular formula is C17H28N2. The first kappa shape index (κ1) is 14.4. The molecule has 0 saturated carbocycles. The van der Waals surface area contributed by atoms with Crippen molar-refractivity contribution in [3.8, 4) is 0 Å². The summed E-state index contributed by atoms with van der Waals surface area (Å²) in [6, 6.07) is 10.1. The summed E-state index contributed by atoms with van der Waals surface area (Å²) in [5, 5.41) is 3.61. The van der Waals surface area contributed by atoms with Gasteiger partial charge in [0.05, 0.1) is 0 Å². The van der Waals surface area contributed by atoms with Crippen LogP contribution in [-0.4, -0.2) is 25.2 Å². The van der Waals surface area contributed by atoms with E-state index in [1.807, 2.05) is 0 Å². The molecule has 0 aromatic heterocycles. The van der Waals surface area contributed by atoms with Gasteiger partial charge in [-0.05, 0) is 30.4 Å². The maximum absolute atomic E-state index is 3.61. The van der Waals surface area contributed by atoms with Crippen molar-refractivity contribution >= 4 is 5.69 Å². The Balaban J connectivity index is 2.18. The molecule has 1 atom stereocenters. The number of benzene rings is 1. The van der Waals surface area contributed by atoms with Gasteiger partial charge >= 0.3 is 0 Å². The summed E-state index contributed by atoms with van der Waals surface area (Å²) in [5.74, 6) is 0.664. The number of hydrogen-bond acceptors (Lipinski definition) is 2. The Labute approximate surface area is 118 Å². The highest BCUT2D eigenvalue weighted by molar-refractivity contribution is 5.56. The second-order valence-electron chi connectivity index (χ2n) is 6.30. The van der Waals surface area contributed by atoms with Crippen molar-refractivity contribution in [2.24, 2.45) is 5.92 Å². The monoisotopic (exact) mass is 260 g/mol. The van der Waals surface area contributed by atoms with E-state index < -0.39 is 0 Å². The van der Waals surface area contributed by atoms with Crippen LogP contribution in [0.2, 0.25) is 0 Å². The SMILES string of the molecule is CC(C)NCC(C(C)C)N1CCCc2ccccc21. The molecule has 0 bridgehead atoms. The number of aryl methyl sites for hydroxylation is 1. The summed E-state index contributed by atoms with van der Waals surface area (Å²) in [7, 11) is 0. The van der Waals surface area contributed by atoms with Gasteiger partial charge in [0.25, 0.3) is 0 Å². The summed E-state index contributed by atoms with van der Waals surface area (Å²) in [6.07, 6.45) is 2.51. The van der Waals surface area contributed by atoms with Crippen LogP contribution in [0.15, 0.2) is 24.3 Å². The van der Waals surface area contributed by atoms with Crippen LogP contribution in [0.1, 0.15) is 39.7 Å². The van der Waals surface area contributed by atoms with Crippen molar-refractivity contribution in [3.63, 3.8) is 0 Å². The number of anilines is 1. The average Bonchev–Trinajstić information content (AvgIpc) is 2.38. The molecule has 0 spiro atoms. The zero-order valence-corrected chi connectivity index (χ0v) is 12.8. The van der Waals surface area contributed by atoms with Crippen LogP contribution >= 0.6 is 0 Å². The quantitative estimate of drug-likeness (QED) is 0.872. The van der Waals surface area contributed by atoms with Gasteiger partial charge in [-0.3, -0.25) is 0 Å². The second kappa shape index (κ2) is 6.42. The molecule has 1 aromatic carbocycles. The largest absolute Gasteiger partial charge is 0.367 e. The molecule has 0 saturated heterocycles. The molecule has 2 nitrogen and oxygen atoms in total. The zero-order chi connectivity index (χ0) is 13.8. The fraction of sp³-hybridized carbons (Fsp3) is 0.647. The van der Waals surface area contributed by atoms with Gasteiger partial charge in [-0.25, -0.2) is 0 Å². The van der Waals surface area contributed by atoms with Gasteiger partial charge in [-0.15, -0.1) is 0 Å². The lowest BCUT2D eigenvalue weighted by Gasteiger charge is -2.40. The lowest BCUT2D eigenvalue weighted by molar-refractivity contribution is 0.404. The lowest BCUT2D eigenvalue weighted by Crippen LogP contribution is -2.49. The molecule has 1 N–H and O–H groups in total. The van der Waals surface area contributed by atoms with Crippen LogP contribution in [0, 0.1) is 5.92 Å². The van der Waals surface area contributed by atoms with Gasteiger partial charge in [0, 0.05) is 30.9 Å². The van der Waals surface area contributed by atoms with Gasteiger partial charge in [0.15, 0.2) is 0 Å². The highest BCUT2D eigenvalue weighted by Gasteiger charge is 2.26. The fourth-order valence-electron chi connectivity index (χ4n) is 2.97. The van der Waals surface area contributed by atoms with Crippen LogP contribution in [0.25, 0.3) is 0 Å². The number of nitrogens with one attached hydrogen (secondary N) is 1. The van der Waals surface area contributed by atoms with E-state index in [-0.39, 0.29) is 0 Å². The molecule has 1 aromatic rings. The van der Waals surface area contributed by atoms with Crippen molar-refractivity contribution in [2.45, 2.75) is 52.6 Å². The summed E-state index contributed by atoms with van der Waals surface area (Å²) < 4.78 is 0. The number of hydrogen-bond donors (Lipinski definition) is 1. The maximum Gasteiger partial charge on any atom is 0.0437 e. The Bertz CT molecular complexity index is 398. The first-order chi connectivity index (χ1) is 9.09. The molecule has 19 heavy (non-hydrogen) atoms. The van der Waals surface area contributed by atoms with Crippen LogP contribution in [0.5, 0.6) is 0 Å². The topological polar surface area (TPSA) is 15.3 Å². The second-order valence-corrected chi connectivity index (χ2v) is 6.30. The van der Waals surface area contributed by atoms with Gasteiger partial charge in [-0.1, -0.05) is 45.9 Å². The van der Waals surface area contributed by atoms with Gasteiger partial charge in [-0.2, -0.15) is 0 Å². The number of para-hydroxylation sites is 1. The minimum absolute atomic E-state index is 0.557. The summed E-state index contributed by atoms with van der Waals surface area (Å²) in [6.45, 7) is 11.4. The summed E-state index contributed by atoms with van der Waals surface area (Å²) in [4.78, 5) is 2.62. The molecular weight excluding hydrogens is 232 g/mol. The minimum atomic E-state index is 0.557. The van der Waals surface area contributed by atoms with Gasteiger partial charge in [0.2, 0.25) is 0 Å². The highest BCUT2D eigenvalue weighted by atomic mass is 15.2. The van der Waals surface area contributed by atoms with E-state index in [0.29, 0.717) is 18.0 Å². The van der Waals surface area contributed by atoms with E-state index >= 15 is 0 Å². The van der Waals surface area contributed by atoms with Crippen molar-refractivity contribution in [3.05, 3.63) is 29.8 Å². The van der Waals surface area contributed by atoms with E-state index in [2.05, 4.69) is 62.2 Å². The van der Waals surface area contributed by atoms with E-state index in [4.69, 9.17) is 0 Å². The Morgan fingerprint density at radius 1 is 1.16 bits per heavy atom. The molecule has 0 fully saturated rings. The third-order valence-corrected chi connectivity index (χ3v) is 4.05. The molecule has 2 rings (SSSR count). The third-order valence-electron chi connectivity index (χ3n) is 4.05. The molecule has 1 aliphatic heterocycles. The first-order valence-corrected chi connectivity index (χ1v) is 7.67. The molecule has 0 radical (unpaired) electrons. The highest BCUT2D eigenvalue weighted by Crippen LogP contribution is 2.30. The molecule has 0 aliphatic carbocycles. The fourth-order valence-corrected chi connectivity index (χ4v) is 2.97. The Morgan fingerprint density at radius 2 is 1.89 bits per heavy atom. The van der Waals surface area contributed by atoms with Crippen molar-refractivity contribution in [1.29, 1.82) is 0 Å². The molecule has 1 aliphatic rings. The number of rotatable bonds is 5.